The van der Waals surface area contributed by atoms with Gasteiger partial charge in [-0.05, 0) is 42.0 Å². The van der Waals surface area contributed by atoms with Crippen molar-refractivity contribution in [3.8, 4) is 11.5 Å². The maximum absolute atomic E-state index is 12.8. The van der Waals surface area contributed by atoms with Crippen molar-refractivity contribution in [2.24, 2.45) is 0 Å². The van der Waals surface area contributed by atoms with Crippen LogP contribution in [0.15, 0.2) is 71.1 Å². The Kier molecular flexibility index (Phi) is 5.90. The smallest absolute Gasteiger partial charge is 0.255 e. The fraction of sp³-hybridized carbons (Fsp3) is 0.200. The van der Waals surface area contributed by atoms with Gasteiger partial charge in [-0.15, -0.1) is 0 Å². The Balaban J connectivity index is 1.45. The van der Waals surface area contributed by atoms with Crippen LogP contribution in [-0.2, 0) is 6.54 Å². The summed E-state index contributed by atoms with van der Waals surface area (Å²) in [5, 5.41) is 6.86. The monoisotopic (exact) mass is 446 g/mol. The Bertz CT molecular complexity index is 1260. The van der Waals surface area contributed by atoms with E-state index in [1.165, 1.54) is 0 Å². The van der Waals surface area contributed by atoms with Crippen LogP contribution in [0.5, 0.6) is 0 Å². The van der Waals surface area contributed by atoms with E-state index in [2.05, 4.69) is 21.6 Å². The number of carbonyl (C=O) groups excluding carboxylic acids is 1. The average Bonchev–Trinajstić information content (AvgIpc) is 3.25. The van der Waals surface area contributed by atoms with Crippen molar-refractivity contribution >= 4 is 34.3 Å². The van der Waals surface area contributed by atoms with Crippen LogP contribution in [0.2, 0.25) is 5.02 Å². The highest BCUT2D eigenvalue weighted by molar-refractivity contribution is 6.31. The molecule has 1 fully saturated rings. The van der Waals surface area contributed by atoms with Gasteiger partial charge >= 0.3 is 0 Å². The molecule has 2 heterocycles. The highest BCUT2D eigenvalue weighted by Crippen LogP contribution is 2.32. The Morgan fingerprint density at radius 2 is 1.88 bits per heavy atom. The van der Waals surface area contributed by atoms with E-state index in [9.17, 15) is 4.79 Å². The highest BCUT2D eigenvalue weighted by atomic mass is 35.5. The molecule has 6 nitrogen and oxygen atoms in total. The molecule has 0 saturated carbocycles. The summed E-state index contributed by atoms with van der Waals surface area (Å²) in [4.78, 5) is 20.0. The molecular formula is C25H23ClN4O2. The van der Waals surface area contributed by atoms with E-state index >= 15 is 0 Å². The standard InChI is InChI=1S/C25H23ClN4O2/c26-19-7-3-5-17(15-19)24(31)28-21-9-2-1-8-20(21)25-29-23-18(6-4-10-22(23)32-25)16-30-13-11-27-12-14-30/h1-10,15,27H,11-14,16H2,(H,28,31). The van der Waals surface area contributed by atoms with Crippen LogP contribution in [0.4, 0.5) is 5.69 Å². The maximum Gasteiger partial charge on any atom is 0.255 e. The molecule has 0 radical (unpaired) electrons. The minimum absolute atomic E-state index is 0.240. The first-order valence-electron chi connectivity index (χ1n) is 10.7. The number of aromatic nitrogens is 1. The van der Waals surface area contributed by atoms with Gasteiger partial charge in [-0.2, -0.15) is 0 Å². The van der Waals surface area contributed by atoms with Crippen molar-refractivity contribution in [3.05, 3.63) is 82.9 Å². The Hall–Kier alpha value is -3.19. The molecule has 1 aromatic heterocycles. The largest absolute Gasteiger partial charge is 0.436 e. The SMILES string of the molecule is O=C(Nc1ccccc1-c1nc2c(CN3CCNCC3)cccc2o1)c1cccc(Cl)c1. The summed E-state index contributed by atoms with van der Waals surface area (Å²) in [6.07, 6.45) is 0. The van der Waals surface area contributed by atoms with Crippen molar-refractivity contribution in [3.63, 3.8) is 0 Å². The number of benzene rings is 3. The molecule has 5 rings (SSSR count). The quantitative estimate of drug-likeness (QED) is 0.460. The number of hydrogen-bond acceptors (Lipinski definition) is 5. The lowest BCUT2D eigenvalue weighted by atomic mass is 10.1. The van der Waals surface area contributed by atoms with Crippen molar-refractivity contribution in [1.82, 2.24) is 15.2 Å². The van der Waals surface area contributed by atoms with Crippen molar-refractivity contribution in [2.75, 3.05) is 31.5 Å². The molecule has 1 aliphatic heterocycles. The van der Waals surface area contributed by atoms with Crippen molar-refractivity contribution in [1.29, 1.82) is 0 Å². The van der Waals surface area contributed by atoms with Gasteiger partial charge < -0.3 is 15.1 Å². The van der Waals surface area contributed by atoms with Crippen molar-refractivity contribution in [2.45, 2.75) is 6.54 Å². The molecule has 0 aliphatic carbocycles. The van der Waals surface area contributed by atoms with E-state index in [0.717, 1.165) is 55.0 Å². The predicted molar refractivity (Wildman–Crippen MR) is 127 cm³/mol. The fourth-order valence-electron chi connectivity index (χ4n) is 3.96. The third-order valence-electron chi connectivity index (χ3n) is 5.60. The van der Waals surface area contributed by atoms with E-state index < -0.39 is 0 Å². The Morgan fingerprint density at radius 3 is 2.72 bits per heavy atom. The number of para-hydroxylation sites is 2. The molecule has 2 N–H and O–H groups in total. The van der Waals surface area contributed by atoms with Gasteiger partial charge in [0.05, 0.1) is 11.3 Å². The molecule has 4 aromatic rings. The summed E-state index contributed by atoms with van der Waals surface area (Å²) >= 11 is 6.04. The summed E-state index contributed by atoms with van der Waals surface area (Å²) in [6, 6.07) is 20.4. The molecule has 1 amide bonds. The van der Waals surface area contributed by atoms with E-state index in [-0.39, 0.29) is 5.91 Å². The second-order valence-corrected chi connectivity index (χ2v) is 8.26. The minimum atomic E-state index is -0.240. The molecule has 1 saturated heterocycles. The number of rotatable bonds is 5. The summed E-state index contributed by atoms with van der Waals surface area (Å²) in [5.74, 6) is 0.241. The van der Waals surface area contributed by atoms with E-state index in [1.54, 1.807) is 24.3 Å². The third kappa shape index (κ3) is 4.39. The van der Waals surface area contributed by atoms with Crippen LogP contribution in [0.25, 0.3) is 22.6 Å². The lowest BCUT2D eigenvalue weighted by molar-refractivity contribution is 0.102. The van der Waals surface area contributed by atoms with Gasteiger partial charge in [0.15, 0.2) is 5.58 Å². The molecule has 0 atom stereocenters. The normalized spacial score (nSPS) is 14.5. The van der Waals surface area contributed by atoms with Crippen LogP contribution in [0.1, 0.15) is 15.9 Å². The van der Waals surface area contributed by atoms with E-state index in [1.807, 2.05) is 36.4 Å². The number of nitrogens with one attached hydrogen (secondary N) is 2. The summed E-state index contributed by atoms with van der Waals surface area (Å²) in [6.45, 7) is 4.86. The maximum atomic E-state index is 12.8. The second-order valence-electron chi connectivity index (χ2n) is 7.82. The summed E-state index contributed by atoms with van der Waals surface area (Å²) < 4.78 is 6.12. The zero-order valence-corrected chi connectivity index (χ0v) is 18.2. The Labute approximate surface area is 191 Å². The molecule has 0 bridgehead atoms. The van der Waals surface area contributed by atoms with Crippen LogP contribution in [0.3, 0.4) is 0 Å². The predicted octanol–water partition coefficient (Wildman–Crippen LogP) is 4.81. The molecule has 0 unspecified atom stereocenters. The Morgan fingerprint density at radius 1 is 1.06 bits per heavy atom. The first-order chi connectivity index (χ1) is 15.7. The number of fused-ring (bicyclic) bond motifs is 1. The number of oxazole rings is 1. The van der Waals surface area contributed by atoms with E-state index in [0.29, 0.717) is 22.2 Å². The number of amides is 1. The van der Waals surface area contributed by atoms with Gasteiger partial charge in [-0.1, -0.05) is 41.9 Å². The minimum Gasteiger partial charge on any atom is -0.436 e. The van der Waals surface area contributed by atoms with E-state index in [4.69, 9.17) is 21.0 Å². The third-order valence-corrected chi connectivity index (χ3v) is 5.83. The van der Waals surface area contributed by atoms with Crippen LogP contribution in [0, 0.1) is 0 Å². The van der Waals surface area contributed by atoms with Gasteiger partial charge in [0, 0.05) is 43.3 Å². The molecule has 32 heavy (non-hydrogen) atoms. The number of piperazine rings is 1. The number of hydrogen-bond donors (Lipinski definition) is 2. The molecule has 7 heteroatoms. The molecule has 162 valence electrons. The summed E-state index contributed by atoms with van der Waals surface area (Å²) in [7, 11) is 0. The number of halogens is 1. The first-order valence-corrected chi connectivity index (χ1v) is 11.0. The lowest BCUT2D eigenvalue weighted by Crippen LogP contribution is -2.42. The van der Waals surface area contributed by atoms with Crippen LogP contribution in [-0.4, -0.2) is 42.0 Å². The number of carbonyl (C=O) groups is 1. The molecular weight excluding hydrogens is 424 g/mol. The van der Waals surface area contributed by atoms with Gasteiger partial charge in [0.25, 0.3) is 5.91 Å². The molecule has 0 spiro atoms. The number of nitrogens with zero attached hydrogens (tertiary/aromatic N) is 2. The highest BCUT2D eigenvalue weighted by Gasteiger charge is 2.18. The van der Waals surface area contributed by atoms with Crippen molar-refractivity contribution < 1.29 is 9.21 Å². The fourth-order valence-corrected chi connectivity index (χ4v) is 4.15. The van der Waals surface area contributed by atoms with Gasteiger partial charge in [0.1, 0.15) is 5.52 Å². The molecule has 3 aromatic carbocycles. The molecule has 1 aliphatic rings. The zero-order valence-electron chi connectivity index (χ0n) is 17.5. The van der Waals surface area contributed by atoms with Gasteiger partial charge in [0.2, 0.25) is 5.89 Å². The summed E-state index contributed by atoms with van der Waals surface area (Å²) in [5.41, 5.74) is 4.59. The topological polar surface area (TPSA) is 70.4 Å². The van der Waals surface area contributed by atoms with Gasteiger partial charge in [-0.25, -0.2) is 4.98 Å². The van der Waals surface area contributed by atoms with Crippen LogP contribution < -0.4 is 10.6 Å². The second kappa shape index (κ2) is 9.12. The lowest BCUT2D eigenvalue weighted by Gasteiger charge is -2.27. The van der Waals surface area contributed by atoms with Crippen LogP contribution >= 0.6 is 11.6 Å². The zero-order chi connectivity index (χ0) is 21.9. The number of anilines is 1. The average molecular weight is 447 g/mol. The first kappa shape index (κ1) is 20.7. The van der Waals surface area contributed by atoms with Gasteiger partial charge in [-0.3, -0.25) is 9.69 Å².